The Bertz CT molecular complexity index is 649. The lowest BCUT2D eigenvalue weighted by molar-refractivity contribution is 0.643. The largest absolute Gasteiger partial charge is 0.369 e. The molecular formula is C14H16ClN5. The van der Waals surface area contributed by atoms with Gasteiger partial charge in [0, 0.05) is 17.3 Å². The molecule has 6 heteroatoms. The van der Waals surface area contributed by atoms with E-state index in [1.54, 1.807) is 0 Å². The third-order valence-electron chi connectivity index (χ3n) is 3.50. The van der Waals surface area contributed by atoms with E-state index < -0.39 is 0 Å². The van der Waals surface area contributed by atoms with E-state index in [0.29, 0.717) is 17.5 Å². The lowest BCUT2D eigenvalue weighted by atomic mass is 10.1. The zero-order valence-corrected chi connectivity index (χ0v) is 12.0. The van der Waals surface area contributed by atoms with Crippen molar-refractivity contribution in [2.75, 3.05) is 11.4 Å². The minimum Gasteiger partial charge on any atom is -0.369 e. The van der Waals surface area contributed by atoms with E-state index in [0.717, 1.165) is 17.9 Å². The average molecular weight is 290 g/mol. The fraction of sp³-hybridized carbons (Fsp3) is 0.286. The molecule has 1 atom stereocenters. The van der Waals surface area contributed by atoms with Crippen molar-refractivity contribution < 1.29 is 0 Å². The maximum Gasteiger partial charge on any atom is 0.196 e. The summed E-state index contributed by atoms with van der Waals surface area (Å²) in [5.74, 6) is 0.515. The van der Waals surface area contributed by atoms with Crippen LogP contribution in [-0.2, 0) is 6.54 Å². The van der Waals surface area contributed by atoms with Gasteiger partial charge in [-0.3, -0.25) is 4.99 Å². The van der Waals surface area contributed by atoms with Crippen molar-refractivity contribution >= 4 is 23.2 Å². The predicted octanol–water partition coefficient (Wildman–Crippen LogP) is 2.43. The molecule has 1 aromatic heterocycles. The SMILES string of the molecule is CCn1cncc1C1CN=C(N)N1c1cccc(Cl)c1. The van der Waals surface area contributed by atoms with Crippen LogP contribution < -0.4 is 10.6 Å². The number of aliphatic imine (C=N–C) groups is 1. The summed E-state index contributed by atoms with van der Waals surface area (Å²) in [6.45, 7) is 3.59. The quantitative estimate of drug-likeness (QED) is 0.944. The maximum atomic E-state index is 6.08. The van der Waals surface area contributed by atoms with E-state index in [-0.39, 0.29) is 6.04 Å². The molecular weight excluding hydrogens is 274 g/mol. The second-order valence-electron chi connectivity index (χ2n) is 4.67. The standard InChI is InChI=1S/C14H16ClN5/c1-2-19-9-17-7-12(19)13-8-18-14(16)20(13)11-5-3-4-10(15)6-11/h3-7,9,13H,2,8H2,1H3,(H2,16,18). The van der Waals surface area contributed by atoms with Gasteiger partial charge in [0.2, 0.25) is 0 Å². The van der Waals surface area contributed by atoms with Crippen LogP contribution in [0.5, 0.6) is 0 Å². The molecule has 1 aromatic carbocycles. The maximum absolute atomic E-state index is 6.08. The number of hydrogen-bond acceptors (Lipinski definition) is 4. The lowest BCUT2D eigenvalue weighted by Gasteiger charge is -2.27. The summed E-state index contributed by atoms with van der Waals surface area (Å²) < 4.78 is 2.11. The van der Waals surface area contributed by atoms with Gasteiger partial charge in [0.15, 0.2) is 5.96 Å². The summed E-state index contributed by atoms with van der Waals surface area (Å²) in [6, 6.07) is 7.71. The first-order valence-electron chi connectivity index (χ1n) is 6.55. The minimum absolute atomic E-state index is 0.0657. The van der Waals surface area contributed by atoms with Gasteiger partial charge in [-0.25, -0.2) is 4.98 Å². The van der Waals surface area contributed by atoms with Crippen LogP contribution >= 0.6 is 11.6 Å². The molecule has 2 aromatic rings. The first-order valence-corrected chi connectivity index (χ1v) is 6.93. The van der Waals surface area contributed by atoms with Crippen LogP contribution in [0.1, 0.15) is 18.7 Å². The number of benzene rings is 1. The van der Waals surface area contributed by atoms with Crippen molar-refractivity contribution in [3.63, 3.8) is 0 Å². The second kappa shape index (κ2) is 5.17. The van der Waals surface area contributed by atoms with Gasteiger partial charge in [-0.1, -0.05) is 17.7 Å². The Kier molecular flexibility index (Phi) is 3.36. The highest BCUT2D eigenvalue weighted by atomic mass is 35.5. The Hall–Kier alpha value is -2.01. The Morgan fingerprint density at radius 1 is 1.45 bits per heavy atom. The van der Waals surface area contributed by atoms with E-state index in [2.05, 4.69) is 21.5 Å². The van der Waals surface area contributed by atoms with Crippen LogP contribution in [-0.4, -0.2) is 22.1 Å². The number of nitrogens with zero attached hydrogens (tertiary/aromatic N) is 4. The Morgan fingerprint density at radius 2 is 2.30 bits per heavy atom. The van der Waals surface area contributed by atoms with Crippen molar-refractivity contribution in [3.8, 4) is 0 Å². The molecule has 2 N–H and O–H groups in total. The first-order chi connectivity index (χ1) is 9.70. The molecule has 1 aliphatic heterocycles. The number of anilines is 1. The van der Waals surface area contributed by atoms with Gasteiger partial charge in [0.25, 0.3) is 0 Å². The van der Waals surface area contributed by atoms with Crippen molar-refractivity contribution in [1.29, 1.82) is 0 Å². The number of guanidine groups is 1. The smallest absolute Gasteiger partial charge is 0.196 e. The van der Waals surface area contributed by atoms with Crippen molar-refractivity contribution in [2.45, 2.75) is 19.5 Å². The normalized spacial score (nSPS) is 18.4. The van der Waals surface area contributed by atoms with Gasteiger partial charge in [0.1, 0.15) is 0 Å². The van der Waals surface area contributed by atoms with Gasteiger partial charge in [-0.15, -0.1) is 0 Å². The highest BCUT2D eigenvalue weighted by molar-refractivity contribution is 6.30. The molecule has 0 amide bonds. The topological polar surface area (TPSA) is 59.4 Å². The molecule has 1 unspecified atom stereocenters. The number of hydrogen-bond donors (Lipinski definition) is 1. The van der Waals surface area contributed by atoms with Gasteiger partial charge >= 0.3 is 0 Å². The van der Waals surface area contributed by atoms with Crippen LogP contribution in [0.2, 0.25) is 5.02 Å². The summed E-state index contributed by atoms with van der Waals surface area (Å²) >= 11 is 6.08. The molecule has 0 spiro atoms. The molecule has 2 heterocycles. The number of aryl methyl sites for hydroxylation is 1. The fourth-order valence-electron chi connectivity index (χ4n) is 2.53. The molecule has 0 saturated carbocycles. The molecule has 20 heavy (non-hydrogen) atoms. The lowest BCUT2D eigenvalue weighted by Crippen LogP contribution is -2.36. The molecule has 3 rings (SSSR count). The number of rotatable bonds is 3. The van der Waals surface area contributed by atoms with Gasteiger partial charge in [0.05, 0.1) is 30.8 Å². The first kappa shape index (κ1) is 13.0. The summed E-state index contributed by atoms with van der Waals surface area (Å²) in [5, 5.41) is 0.685. The molecule has 0 radical (unpaired) electrons. The van der Waals surface area contributed by atoms with E-state index >= 15 is 0 Å². The van der Waals surface area contributed by atoms with Gasteiger partial charge in [-0.2, -0.15) is 0 Å². The monoisotopic (exact) mass is 289 g/mol. The highest BCUT2D eigenvalue weighted by Gasteiger charge is 2.31. The molecule has 0 aliphatic carbocycles. The summed E-state index contributed by atoms with van der Waals surface area (Å²) in [5.41, 5.74) is 8.11. The molecule has 0 saturated heterocycles. The summed E-state index contributed by atoms with van der Waals surface area (Å²) in [7, 11) is 0. The number of aromatic nitrogens is 2. The average Bonchev–Trinajstić information content (AvgIpc) is 3.04. The van der Waals surface area contributed by atoms with Gasteiger partial charge < -0.3 is 15.2 Å². The van der Waals surface area contributed by atoms with Crippen molar-refractivity contribution in [1.82, 2.24) is 9.55 Å². The van der Waals surface area contributed by atoms with Crippen LogP contribution in [0.15, 0.2) is 41.8 Å². The van der Waals surface area contributed by atoms with Crippen molar-refractivity contribution in [3.05, 3.63) is 47.5 Å². The zero-order valence-electron chi connectivity index (χ0n) is 11.2. The van der Waals surface area contributed by atoms with E-state index in [9.17, 15) is 0 Å². The van der Waals surface area contributed by atoms with Crippen LogP contribution in [0.3, 0.4) is 0 Å². The van der Waals surface area contributed by atoms with E-state index in [1.165, 1.54) is 0 Å². The summed E-state index contributed by atoms with van der Waals surface area (Å²) in [4.78, 5) is 10.6. The van der Waals surface area contributed by atoms with E-state index in [1.807, 2.05) is 41.7 Å². The van der Waals surface area contributed by atoms with Crippen LogP contribution in [0.25, 0.3) is 0 Å². The third kappa shape index (κ3) is 2.14. The van der Waals surface area contributed by atoms with Gasteiger partial charge in [-0.05, 0) is 25.1 Å². The fourth-order valence-corrected chi connectivity index (χ4v) is 2.72. The number of nitrogens with two attached hydrogens (primary N) is 1. The molecule has 104 valence electrons. The van der Waals surface area contributed by atoms with Crippen LogP contribution in [0, 0.1) is 0 Å². The number of halogens is 1. The second-order valence-corrected chi connectivity index (χ2v) is 5.11. The van der Waals surface area contributed by atoms with E-state index in [4.69, 9.17) is 17.3 Å². The van der Waals surface area contributed by atoms with Crippen molar-refractivity contribution in [2.24, 2.45) is 10.7 Å². The third-order valence-corrected chi connectivity index (χ3v) is 3.73. The van der Waals surface area contributed by atoms with Crippen LogP contribution in [0.4, 0.5) is 5.69 Å². The number of imidazole rings is 1. The Morgan fingerprint density at radius 3 is 3.05 bits per heavy atom. The highest BCUT2D eigenvalue weighted by Crippen LogP contribution is 2.32. The molecule has 0 fully saturated rings. The molecule has 0 bridgehead atoms. The molecule has 1 aliphatic rings. The molecule has 5 nitrogen and oxygen atoms in total. The Balaban J connectivity index is 2.01. The Labute approximate surface area is 122 Å². The summed E-state index contributed by atoms with van der Waals surface area (Å²) in [6.07, 6.45) is 3.71. The minimum atomic E-state index is 0.0657. The zero-order chi connectivity index (χ0) is 14.1. The predicted molar refractivity (Wildman–Crippen MR) is 81.1 cm³/mol.